The summed E-state index contributed by atoms with van der Waals surface area (Å²) in [6.45, 7) is 6.15. The average Bonchev–Trinajstić information content (AvgIpc) is 2.65. The number of aryl methyl sites for hydroxylation is 2. The van der Waals surface area contributed by atoms with Crippen LogP contribution in [-0.4, -0.2) is 9.78 Å². The largest absolute Gasteiger partial charge is 0.376 e. The maximum absolute atomic E-state index is 8.80. The monoisotopic (exact) mass is 254 g/mol. The van der Waals surface area contributed by atoms with Gasteiger partial charge in [0, 0.05) is 13.1 Å². The Kier molecular flexibility index (Phi) is 3.57. The number of hydrogen-bond donors (Lipinski definition) is 1. The van der Waals surface area contributed by atoms with Gasteiger partial charge < -0.3 is 5.32 Å². The van der Waals surface area contributed by atoms with Gasteiger partial charge in [0.25, 0.3) is 0 Å². The molecule has 4 nitrogen and oxygen atoms in total. The Morgan fingerprint density at radius 1 is 1.26 bits per heavy atom. The highest BCUT2D eigenvalue weighted by Crippen LogP contribution is 2.24. The van der Waals surface area contributed by atoms with Crippen molar-refractivity contribution in [2.24, 2.45) is 7.05 Å². The number of hydrogen-bond acceptors (Lipinski definition) is 3. The number of rotatable bonds is 3. The zero-order valence-corrected chi connectivity index (χ0v) is 11.7. The lowest BCUT2D eigenvalue weighted by Crippen LogP contribution is -2.08. The summed E-state index contributed by atoms with van der Waals surface area (Å²) in [5, 5.41) is 16.7. The van der Waals surface area contributed by atoms with Crippen molar-refractivity contribution in [1.82, 2.24) is 9.78 Å². The first kappa shape index (κ1) is 13.2. The van der Waals surface area contributed by atoms with Gasteiger partial charge in [-0.3, -0.25) is 4.68 Å². The predicted octanol–water partition coefficient (Wildman–Crippen LogP) is 3.08. The molecule has 0 bridgehead atoms. The van der Waals surface area contributed by atoms with E-state index in [1.165, 1.54) is 0 Å². The fraction of sp³-hybridized carbons (Fsp3) is 0.333. The Labute approximate surface area is 113 Å². The van der Waals surface area contributed by atoms with E-state index in [1.54, 1.807) is 0 Å². The molecule has 1 unspecified atom stereocenters. The first-order valence-electron chi connectivity index (χ1n) is 6.29. The van der Waals surface area contributed by atoms with Crippen molar-refractivity contribution >= 4 is 5.69 Å². The summed E-state index contributed by atoms with van der Waals surface area (Å²) in [6, 6.07) is 9.96. The van der Waals surface area contributed by atoms with Crippen molar-refractivity contribution in [3.63, 3.8) is 0 Å². The summed E-state index contributed by atoms with van der Waals surface area (Å²) in [5.74, 6) is 0. The molecule has 0 amide bonds. The standard InChI is InChI=1S/C15H18N4/c1-10(14-7-5-13(9-16)6-8-14)17-15-11(2)18-19(4)12(15)3/h5-8,10,17H,1-4H3. The van der Waals surface area contributed by atoms with Crippen LogP contribution in [0.5, 0.6) is 0 Å². The Morgan fingerprint density at radius 2 is 1.89 bits per heavy atom. The molecule has 19 heavy (non-hydrogen) atoms. The molecule has 98 valence electrons. The van der Waals surface area contributed by atoms with Gasteiger partial charge in [-0.15, -0.1) is 0 Å². The van der Waals surface area contributed by atoms with Gasteiger partial charge in [0.05, 0.1) is 28.7 Å². The number of nitrogens with zero attached hydrogens (tertiary/aromatic N) is 3. The van der Waals surface area contributed by atoms with Crippen LogP contribution in [0.3, 0.4) is 0 Å². The van der Waals surface area contributed by atoms with Gasteiger partial charge in [-0.05, 0) is 38.5 Å². The fourth-order valence-corrected chi connectivity index (χ4v) is 2.13. The topological polar surface area (TPSA) is 53.6 Å². The summed E-state index contributed by atoms with van der Waals surface area (Å²) in [5.41, 5.74) is 5.05. The molecule has 1 atom stereocenters. The normalized spacial score (nSPS) is 11.9. The summed E-state index contributed by atoms with van der Waals surface area (Å²) < 4.78 is 1.88. The molecular weight excluding hydrogens is 236 g/mol. The van der Waals surface area contributed by atoms with E-state index in [2.05, 4.69) is 23.4 Å². The van der Waals surface area contributed by atoms with Crippen molar-refractivity contribution in [3.8, 4) is 6.07 Å². The van der Waals surface area contributed by atoms with Gasteiger partial charge in [0.2, 0.25) is 0 Å². The molecule has 0 radical (unpaired) electrons. The van der Waals surface area contributed by atoms with E-state index in [4.69, 9.17) is 5.26 Å². The van der Waals surface area contributed by atoms with Crippen molar-refractivity contribution in [2.75, 3.05) is 5.32 Å². The Morgan fingerprint density at radius 3 is 2.37 bits per heavy atom. The lowest BCUT2D eigenvalue weighted by molar-refractivity contribution is 0.731. The average molecular weight is 254 g/mol. The molecule has 0 fully saturated rings. The Hall–Kier alpha value is -2.28. The van der Waals surface area contributed by atoms with Crippen LogP contribution in [0.1, 0.15) is 35.5 Å². The number of anilines is 1. The molecule has 1 aromatic heterocycles. The molecule has 1 aromatic carbocycles. The number of nitrogens with one attached hydrogen (secondary N) is 1. The second kappa shape index (κ2) is 5.15. The molecule has 0 aliphatic carbocycles. The molecule has 1 heterocycles. The molecule has 0 saturated carbocycles. The van der Waals surface area contributed by atoms with Crippen LogP contribution < -0.4 is 5.32 Å². The lowest BCUT2D eigenvalue weighted by Gasteiger charge is -2.16. The van der Waals surface area contributed by atoms with E-state index in [0.717, 1.165) is 22.6 Å². The third-order valence-corrected chi connectivity index (χ3v) is 3.41. The molecule has 0 aliphatic rings. The molecule has 0 spiro atoms. The minimum absolute atomic E-state index is 0.175. The minimum Gasteiger partial charge on any atom is -0.376 e. The van der Waals surface area contributed by atoms with E-state index in [1.807, 2.05) is 49.8 Å². The van der Waals surface area contributed by atoms with Crippen LogP contribution in [0.4, 0.5) is 5.69 Å². The molecule has 1 N–H and O–H groups in total. The van der Waals surface area contributed by atoms with Gasteiger partial charge in [-0.1, -0.05) is 12.1 Å². The number of benzene rings is 1. The van der Waals surface area contributed by atoms with Gasteiger partial charge in [-0.25, -0.2) is 0 Å². The summed E-state index contributed by atoms with van der Waals surface area (Å²) >= 11 is 0. The van der Waals surface area contributed by atoms with Crippen molar-refractivity contribution in [3.05, 3.63) is 46.8 Å². The highest BCUT2D eigenvalue weighted by molar-refractivity contribution is 5.53. The first-order valence-corrected chi connectivity index (χ1v) is 6.29. The van der Waals surface area contributed by atoms with Crippen LogP contribution >= 0.6 is 0 Å². The summed E-state index contributed by atoms with van der Waals surface area (Å²) in [4.78, 5) is 0. The minimum atomic E-state index is 0.175. The van der Waals surface area contributed by atoms with Crippen LogP contribution in [-0.2, 0) is 7.05 Å². The van der Waals surface area contributed by atoms with Gasteiger partial charge >= 0.3 is 0 Å². The quantitative estimate of drug-likeness (QED) is 0.915. The van der Waals surface area contributed by atoms with Gasteiger partial charge in [0.1, 0.15) is 0 Å². The second-order valence-electron chi connectivity index (χ2n) is 4.77. The van der Waals surface area contributed by atoms with Crippen LogP contribution in [0, 0.1) is 25.2 Å². The highest BCUT2D eigenvalue weighted by Gasteiger charge is 2.12. The van der Waals surface area contributed by atoms with Crippen LogP contribution in [0.15, 0.2) is 24.3 Å². The van der Waals surface area contributed by atoms with Crippen molar-refractivity contribution in [2.45, 2.75) is 26.8 Å². The van der Waals surface area contributed by atoms with Crippen molar-refractivity contribution in [1.29, 1.82) is 5.26 Å². The predicted molar refractivity (Wildman–Crippen MR) is 75.9 cm³/mol. The zero-order valence-electron chi connectivity index (χ0n) is 11.7. The molecule has 0 saturated heterocycles. The van der Waals surface area contributed by atoms with Crippen LogP contribution in [0.2, 0.25) is 0 Å². The molecule has 2 rings (SSSR count). The van der Waals surface area contributed by atoms with Gasteiger partial charge in [-0.2, -0.15) is 10.4 Å². The maximum atomic E-state index is 8.80. The van der Waals surface area contributed by atoms with E-state index in [-0.39, 0.29) is 6.04 Å². The fourth-order valence-electron chi connectivity index (χ4n) is 2.13. The number of nitriles is 1. The Balaban J connectivity index is 2.20. The van der Waals surface area contributed by atoms with Gasteiger partial charge in [0.15, 0.2) is 0 Å². The smallest absolute Gasteiger partial charge is 0.0991 e. The lowest BCUT2D eigenvalue weighted by atomic mass is 10.1. The SMILES string of the molecule is Cc1nn(C)c(C)c1NC(C)c1ccc(C#N)cc1. The third-order valence-electron chi connectivity index (χ3n) is 3.41. The second-order valence-corrected chi connectivity index (χ2v) is 4.77. The van der Waals surface area contributed by atoms with E-state index in [9.17, 15) is 0 Å². The van der Waals surface area contributed by atoms with Crippen molar-refractivity contribution < 1.29 is 0 Å². The molecule has 4 heteroatoms. The first-order chi connectivity index (χ1) is 9.02. The third kappa shape index (κ3) is 2.60. The molecular formula is C15H18N4. The summed E-state index contributed by atoms with van der Waals surface area (Å²) in [7, 11) is 1.94. The molecule has 0 aliphatic heterocycles. The van der Waals surface area contributed by atoms with E-state index >= 15 is 0 Å². The number of aromatic nitrogens is 2. The zero-order chi connectivity index (χ0) is 14.0. The van der Waals surface area contributed by atoms with Crippen LogP contribution in [0.25, 0.3) is 0 Å². The van der Waals surface area contributed by atoms with E-state index in [0.29, 0.717) is 5.56 Å². The summed E-state index contributed by atoms with van der Waals surface area (Å²) in [6.07, 6.45) is 0. The highest BCUT2D eigenvalue weighted by atomic mass is 15.3. The maximum Gasteiger partial charge on any atom is 0.0991 e. The molecule has 2 aromatic rings. The Bertz CT molecular complexity index is 617. The van der Waals surface area contributed by atoms with E-state index < -0.39 is 0 Å².